The Bertz CT molecular complexity index is 468. The lowest BCUT2D eigenvalue weighted by molar-refractivity contribution is -0.185. The van der Waals surface area contributed by atoms with Gasteiger partial charge in [-0.3, -0.25) is 0 Å². The average molecular weight is 327 g/mol. The standard InChI is InChI=1S/C14H15Cl2F3O/c15-10-5-6-12(16)11(7-10)13(20)8-1-3-9(4-2-8)14(17,18)19/h5-9,13,20H,1-4H2. The fourth-order valence-corrected chi connectivity index (χ4v) is 3.17. The third-order valence-corrected chi connectivity index (χ3v) is 4.54. The maximum atomic E-state index is 12.6. The van der Waals surface area contributed by atoms with Crippen molar-refractivity contribution in [2.75, 3.05) is 0 Å². The van der Waals surface area contributed by atoms with Gasteiger partial charge in [0.2, 0.25) is 0 Å². The summed E-state index contributed by atoms with van der Waals surface area (Å²) < 4.78 is 37.8. The molecular formula is C14H15Cl2F3O. The number of hydrogen-bond donors (Lipinski definition) is 1. The van der Waals surface area contributed by atoms with Crippen molar-refractivity contribution in [2.45, 2.75) is 38.0 Å². The molecule has 0 bridgehead atoms. The van der Waals surface area contributed by atoms with E-state index in [9.17, 15) is 18.3 Å². The van der Waals surface area contributed by atoms with E-state index in [1.807, 2.05) is 0 Å². The number of halogens is 5. The SMILES string of the molecule is OC(c1cc(Cl)ccc1Cl)C1CCC(C(F)(F)F)CC1. The fraction of sp³-hybridized carbons (Fsp3) is 0.571. The summed E-state index contributed by atoms with van der Waals surface area (Å²) in [5, 5.41) is 11.2. The minimum absolute atomic E-state index is 0.0589. The summed E-state index contributed by atoms with van der Waals surface area (Å²) in [5.74, 6) is -1.45. The molecule has 1 N–H and O–H groups in total. The van der Waals surface area contributed by atoms with Crippen LogP contribution in [0.1, 0.15) is 37.4 Å². The lowest BCUT2D eigenvalue weighted by Crippen LogP contribution is -2.29. The van der Waals surface area contributed by atoms with Crippen LogP contribution >= 0.6 is 23.2 Å². The number of alkyl halides is 3. The molecule has 1 aromatic carbocycles. The van der Waals surface area contributed by atoms with Gasteiger partial charge in [-0.2, -0.15) is 13.2 Å². The third kappa shape index (κ3) is 3.60. The van der Waals surface area contributed by atoms with E-state index in [-0.39, 0.29) is 18.8 Å². The van der Waals surface area contributed by atoms with Gasteiger partial charge in [0.05, 0.1) is 12.0 Å². The Morgan fingerprint density at radius 1 is 1.10 bits per heavy atom. The van der Waals surface area contributed by atoms with Crippen LogP contribution in [0.5, 0.6) is 0 Å². The van der Waals surface area contributed by atoms with E-state index in [0.717, 1.165) is 0 Å². The summed E-state index contributed by atoms with van der Waals surface area (Å²) in [6, 6.07) is 4.77. The monoisotopic (exact) mass is 326 g/mol. The molecule has 1 saturated carbocycles. The van der Waals surface area contributed by atoms with Crippen LogP contribution in [0.25, 0.3) is 0 Å². The second kappa shape index (κ2) is 6.12. The van der Waals surface area contributed by atoms with Crippen LogP contribution < -0.4 is 0 Å². The Balaban J connectivity index is 2.05. The third-order valence-electron chi connectivity index (χ3n) is 3.96. The van der Waals surface area contributed by atoms with Crippen molar-refractivity contribution in [3.8, 4) is 0 Å². The molecule has 1 aliphatic carbocycles. The van der Waals surface area contributed by atoms with Crippen molar-refractivity contribution in [1.29, 1.82) is 0 Å². The van der Waals surface area contributed by atoms with E-state index in [1.54, 1.807) is 18.2 Å². The van der Waals surface area contributed by atoms with Crippen LogP contribution in [0.3, 0.4) is 0 Å². The number of rotatable bonds is 2. The zero-order valence-electron chi connectivity index (χ0n) is 10.6. The summed E-state index contributed by atoms with van der Waals surface area (Å²) in [7, 11) is 0. The Morgan fingerprint density at radius 2 is 1.70 bits per heavy atom. The predicted octanol–water partition coefficient (Wildman–Crippen LogP) is 5.40. The molecule has 20 heavy (non-hydrogen) atoms. The topological polar surface area (TPSA) is 20.2 Å². The van der Waals surface area contributed by atoms with Gasteiger partial charge in [0.15, 0.2) is 0 Å². The van der Waals surface area contributed by atoms with Crippen molar-refractivity contribution < 1.29 is 18.3 Å². The zero-order chi connectivity index (χ0) is 14.9. The highest BCUT2D eigenvalue weighted by atomic mass is 35.5. The van der Waals surface area contributed by atoms with Gasteiger partial charge in [-0.1, -0.05) is 23.2 Å². The van der Waals surface area contributed by atoms with Crippen molar-refractivity contribution >= 4 is 23.2 Å². The van der Waals surface area contributed by atoms with E-state index < -0.39 is 18.2 Å². The van der Waals surface area contributed by atoms with E-state index in [1.165, 1.54) is 0 Å². The number of hydrogen-bond acceptors (Lipinski definition) is 1. The lowest BCUT2D eigenvalue weighted by Gasteiger charge is -2.32. The van der Waals surface area contributed by atoms with Crippen LogP contribution in [-0.2, 0) is 0 Å². The van der Waals surface area contributed by atoms with Crippen LogP contribution in [0.4, 0.5) is 13.2 Å². The van der Waals surface area contributed by atoms with Crippen molar-refractivity contribution in [1.82, 2.24) is 0 Å². The molecule has 0 spiro atoms. The van der Waals surface area contributed by atoms with Gasteiger partial charge in [-0.25, -0.2) is 0 Å². The number of aliphatic hydroxyl groups is 1. The van der Waals surface area contributed by atoms with Crippen molar-refractivity contribution in [2.24, 2.45) is 11.8 Å². The molecule has 1 aliphatic rings. The maximum Gasteiger partial charge on any atom is 0.391 e. The van der Waals surface area contributed by atoms with Gasteiger partial charge in [0.1, 0.15) is 0 Å². The molecule has 1 fully saturated rings. The largest absolute Gasteiger partial charge is 0.391 e. The normalized spacial score (nSPS) is 25.5. The quantitative estimate of drug-likeness (QED) is 0.771. The molecule has 0 saturated heterocycles. The molecule has 1 nitrogen and oxygen atoms in total. The Kier molecular flexibility index (Phi) is 4.88. The summed E-state index contributed by atoms with van der Waals surface area (Å²) in [4.78, 5) is 0. The van der Waals surface area contributed by atoms with Crippen LogP contribution in [0.15, 0.2) is 18.2 Å². The molecule has 0 radical (unpaired) electrons. The first-order valence-electron chi connectivity index (χ1n) is 6.48. The van der Waals surface area contributed by atoms with E-state index in [0.29, 0.717) is 28.5 Å². The molecule has 6 heteroatoms. The summed E-state index contributed by atoms with van der Waals surface area (Å²) in [6.45, 7) is 0. The summed E-state index contributed by atoms with van der Waals surface area (Å²) >= 11 is 11.9. The average Bonchev–Trinajstić information content (AvgIpc) is 2.40. The Hall–Kier alpha value is -0.450. The van der Waals surface area contributed by atoms with Crippen LogP contribution in [0.2, 0.25) is 10.0 Å². The molecule has 0 amide bonds. The van der Waals surface area contributed by atoms with E-state index in [2.05, 4.69) is 0 Å². The zero-order valence-corrected chi connectivity index (χ0v) is 12.1. The molecule has 1 atom stereocenters. The van der Waals surface area contributed by atoms with E-state index >= 15 is 0 Å². The molecule has 2 rings (SSSR count). The molecular weight excluding hydrogens is 312 g/mol. The first-order chi connectivity index (χ1) is 9.29. The minimum Gasteiger partial charge on any atom is -0.388 e. The minimum atomic E-state index is -4.14. The van der Waals surface area contributed by atoms with Gasteiger partial charge < -0.3 is 5.11 Å². The molecule has 112 valence electrons. The van der Waals surface area contributed by atoms with Gasteiger partial charge in [-0.15, -0.1) is 0 Å². The van der Waals surface area contributed by atoms with Crippen LogP contribution in [0, 0.1) is 11.8 Å². The highest BCUT2D eigenvalue weighted by Crippen LogP contribution is 2.44. The second-order valence-electron chi connectivity index (χ2n) is 5.26. The highest BCUT2D eigenvalue weighted by Gasteiger charge is 2.42. The molecule has 0 heterocycles. The smallest absolute Gasteiger partial charge is 0.388 e. The fourth-order valence-electron chi connectivity index (χ4n) is 2.76. The first-order valence-corrected chi connectivity index (χ1v) is 7.24. The molecule has 1 aromatic rings. The van der Waals surface area contributed by atoms with Gasteiger partial charge in [-0.05, 0) is 49.8 Å². The predicted molar refractivity (Wildman–Crippen MR) is 72.9 cm³/mol. The molecule has 1 unspecified atom stereocenters. The van der Waals surface area contributed by atoms with Gasteiger partial charge >= 0.3 is 6.18 Å². The van der Waals surface area contributed by atoms with Gasteiger partial charge in [0, 0.05) is 15.6 Å². The van der Waals surface area contributed by atoms with E-state index in [4.69, 9.17) is 23.2 Å². The number of aliphatic hydroxyl groups excluding tert-OH is 1. The summed E-state index contributed by atoms with van der Waals surface area (Å²) in [5.41, 5.74) is 0.495. The molecule has 0 aliphatic heterocycles. The molecule has 0 aromatic heterocycles. The maximum absolute atomic E-state index is 12.6. The summed E-state index contributed by atoms with van der Waals surface area (Å²) in [6.07, 6.45) is -4.20. The second-order valence-corrected chi connectivity index (χ2v) is 6.11. The Morgan fingerprint density at radius 3 is 2.25 bits per heavy atom. The van der Waals surface area contributed by atoms with Crippen LogP contribution in [-0.4, -0.2) is 11.3 Å². The lowest BCUT2D eigenvalue weighted by atomic mass is 9.77. The highest BCUT2D eigenvalue weighted by molar-refractivity contribution is 6.33. The van der Waals surface area contributed by atoms with Crippen molar-refractivity contribution in [3.05, 3.63) is 33.8 Å². The van der Waals surface area contributed by atoms with Gasteiger partial charge in [0.25, 0.3) is 0 Å². The Labute approximate surface area is 125 Å². The number of benzene rings is 1. The first kappa shape index (κ1) is 15.9. The van der Waals surface area contributed by atoms with Crippen molar-refractivity contribution in [3.63, 3.8) is 0 Å².